The molecule has 0 bridgehead atoms. The van der Waals surface area contributed by atoms with Gasteiger partial charge in [-0.3, -0.25) is 0 Å². The summed E-state index contributed by atoms with van der Waals surface area (Å²) in [5.74, 6) is -2.87. The highest BCUT2D eigenvalue weighted by atomic mass is 79.9. The molecule has 0 aliphatic carbocycles. The van der Waals surface area contributed by atoms with Crippen LogP contribution in [0.4, 0.5) is 13.2 Å². The number of amidine groups is 1. The third kappa shape index (κ3) is 3.33. The van der Waals surface area contributed by atoms with Crippen LogP contribution in [0.15, 0.2) is 49.8 Å². The Bertz CT molecular complexity index is 725. The van der Waals surface area contributed by atoms with Gasteiger partial charge in [-0.2, -0.15) is 0 Å². The van der Waals surface area contributed by atoms with Crippen LogP contribution < -0.4 is 5.73 Å². The molecule has 21 heavy (non-hydrogen) atoms. The topological polar surface area (TPSA) is 58.6 Å². The van der Waals surface area contributed by atoms with Crippen LogP contribution in [0, 0.1) is 17.5 Å². The van der Waals surface area contributed by atoms with Gasteiger partial charge in [-0.1, -0.05) is 16.9 Å². The number of oxime groups is 1. The van der Waals surface area contributed by atoms with Crippen LogP contribution in [-0.2, 0) is 0 Å². The van der Waals surface area contributed by atoms with Gasteiger partial charge in [0.15, 0.2) is 23.3 Å². The zero-order chi connectivity index (χ0) is 15.6. The third-order valence-electron chi connectivity index (χ3n) is 2.55. The summed E-state index contributed by atoms with van der Waals surface area (Å²) in [6, 6.07) is 6.14. The molecule has 0 aromatic heterocycles. The maximum Gasteiger partial charge on any atom is 0.171 e. The van der Waals surface area contributed by atoms with Crippen molar-refractivity contribution in [2.24, 2.45) is 10.9 Å². The fraction of sp³-hybridized carbons (Fsp3) is 0. The maximum absolute atomic E-state index is 14.2. The quantitative estimate of drug-likeness (QED) is 0.366. The van der Waals surface area contributed by atoms with Crippen molar-refractivity contribution >= 4 is 33.5 Å². The van der Waals surface area contributed by atoms with E-state index in [0.717, 1.165) is 23.9 Å². The Morgan fingerprint density at radius 3 is 2.48 bits per heavy atom. The molecule has 0 aliphatic rings. The normalized spacial score (nSPS) is 11.7. The van der Waals surface area contributed by atoms with Crippen molar-refractivity contribution in [3.8, 4) is 0 Å². The number of nitrogens with zero attached hydrogens (tertiary/aromatic N) is 1. The average molecular weight is 377 g/mol. The van der Waals surface area contributed by atoms with E-state index in [1.54, 1.807) is 0 Å². The van der Waals surface area contributed by atoms with Gasteiger partial charge in [0, 0.05) is 15.4 Å². The van der Waals surface area contributed by atoms with E-state index in [1.165, 1.54) is 18.2 Å². The summed E-state index contributed by atoms with van der Waals surface area (Å²) in [6.45, 7) is 0. The van der Waals surface area contributed by atoms with E-state index in [0.29, 0.717) is 4.90 Å². The summed E-state index contributed by atoms with van der Waals surface area (Å²) in [6.07, 6.45) is 0. The van der Waals surface area contributed by atoms with Crippen LogP contribution in [0.1, 0.15) is 5.56 Å². The predicted octanol–water partition coefficient (Wildman–Crippen LogP) is 4.11. The molecule has 8 heteroatoms. The number of rotatable bonds is 3. The minimum atomic E-state index is -1.01. The van der Waals surface area contributed by atoms with Crippen molar-refractivity contribution in [1.29, 1.82) is 0 Å². The van der Waals surface area contributed by atoms with Crippen molar-refractivity contribution in [3.63, 3.8) is 0 Å². The third-order valence-corrected chi connectivity index (χ3v) is 4.35. The first-order valence-corrected chi connectivity index (χ1v) is 7.13. The Hall–Kier alpha value is -1.67. The first-order valence-electron chi connectivity index (χ1n) is 5.53. The van der Waals surface area contributed by atoms with Crippen LogP contribution in [0.3, 0.4) is 0 Å². The highest BCUT2D eigenvalue weighted by Gasteiger charge is 2.15. The Balaban J connectivity index is 2.37. The maximum atomic E-state index is 14.2. The summed E-state index contributed by atoms with van der Waals surface area (Å²) in [5, 5.41) is 11.4. The minimum Gasteiger partial charge on any atom is -0.409 e. The Kier molecular flexibility index (Phi) is 4.79. The van der Waals surface area contributed by atoms with Crippen LogP contribution in [0.25, 0.3) is 0 Å². The number of hydrogen-bond acceptors (Lipinski definition) is 3. The fourth-order valence-electron chi connectivity index (χ4n) is 1.53. The first-order chi connectivity index (χ1) is 9.93. The van der Waals surface area contributed by atoms with Gasteiger partial charge in [-0.15, -0.1) is 0 Å². The predicted molar refractivity (Wildman–Crippen MR) is 77.1 cm³/mol. The van der Waals surface area contributed by atoms with E-state index in [9.17, 15) is 13.2 Å². The molecule has 0 heterocycles. The summed E-state index contributed by atoms with van der Waals surface area (Å²) < 4.78 is 40.2. The van der Waals surface area contributed by atoms with E-state index >= 15 is 0 Å². The van der Waals surface area contributed by atoms with Gasteiger partial charge >= 0.3 is 0 Å². The second kappa shape index (κ2) is 6.40. The molecule has 2 aromatic carbocycles. The molecule has 0 fully saturated rings. The Morgan fingerprint density at radius 1 is 1.14 bits per heavy atom. The zero-order valence-electron chi connectivity index (χ0n) is 10.3. The highest BCUT2D eigenvalue weighted by Crippen LogP contribution is 2.35. The monoisotopic (exact) mass is 376 g/mol. The largest absolute Gasteiger partial charge is 0.409 e. The molecular weight excluding hydrogens is 369 g/mol. The van der Waals surface area contributed by atoms with Crippen LogP contribution in [0.5, 0.6) is 0 Å². The van der Waals surface area contributed by atoms with E-state index in [4.69, 9.17) is 10.9 Å². The summed E-state index contributed by atoms with van der Waals surface area (Å²) in [5.41, 5.74) is 5.59. The average Bonchev–Trinajstić information content (AvgIpc) is 2.47. The second-order valence-electron chi connectivity index (χ2n) is 3.90. The van der Waals surface area contributed by atoms with E-state index in [-0.39, 0.29) is 20.8 Å². The van der Waals surface area contributed by atoms with Gasteiger partial charge in [0.2, 0.25) is 0 Å². The van der Waals surface area contributed by atoms with Gasteiger partial charge in [0.1, 0.15) is 0 Å². The summed E-state index contributed by atoms with van der Waals surface area (Å²) in [7, 11) is 0. The summed E-state index contributed by atoms with van der Waals surface area (Å²) in [4.78, 5) is 0.527. The van der Waals surface area contributed by atoms with Crippen molar-refractivity contribution in [3.05, 3.63) is 57.8 Å². The molecule has 0 unspecified atom stereocenters. The SMILES string of the molecule is N/C(=N/O)c1ccc(Sc2ccc(F)c(F)c2)c(F)c1Br. The Labute approximate surface area is 130 Å². The smallest absolute Gasteiger partial charge is 0.171 e. The molecular formula is C13H8BrF3N2OS. The van der Waals surface area contributed by atoms with Crippen LogP contribution >= 0.6 is 27.7 Å². The fourth-order valence-corrected chi connectivity index (χ4v) is 3.09. The van der Waals surface area contributed by atoms with Gasteiger partial charge in [0.25, 0.3) is 0 Å². The molecule has 0 radical (unpaired) electrons. The molecule has 0 aliphatic heterocycles. The lowest BCUT2D eigenvalue weighted by Crippen LogP contribution is -2.14. The van der Waals surface area contributed by atoms with Crippen LogP contribution in [0.2, 0.25) is 0 Å². The number of benzene rings is 2. The summed E-state index contributed by atoms with van der Waals surface area (Å²) >= 11 is 3.94. The molecule has 0 amide bonds. The van der Waals surface area contributed by atoms with Gasteiger partial charge in [0.05, 0.1) is 4.47 Å². The first kappa shape index (κ1) is 15.7. The molecule has 0 spiro atoms. The van der Waals surface area contributed by atoms with E-state index in [2.05, 4.69) is 21.1 Å². The van der Waals surface area contributed by atoms with Crippen molar-refractivity contribution < 1.29 is 18.4 Å². The standard InChI is InChI=1S/C13H8BrF3N2OS/c14-11-7(13(18)19-20)2-4-10(12(11)17)21-6-1-3-8(15)9(16)5-6/h1-5,20H,(H2,18,19). The molecule has 2 rings (SSSR count). The molecule has 0 saturated carbocycles. The van der Waals surface area contributed by atoms with Gasteiger partial charge in [-0.25, -0.2) is 13.2 Å². The number of halogens is 4. The molecule has 110 valence electrons. The van der Waals surface area contributed by atoms with Gasteiger partial charge < -0.3 is 10.9 Å². The number of nitrogens with two attached hydrogens (primary N) is 1. The van der Waals surface area contributed by atoms with E-state index < -0.39 is 17.5 Å². The van der Waals surface area contributed by atoms with E-state index in [1.807, 2.05) is 0 Å². The molecule has 3 N–H and O–H groups in total. The highest BCUT2D eigenvalue weighted by molar-refractivity contribution is 9.10. The lowest BCUT2D eigenvalue weighted by Gasteiger charge is -2.08. The zero-order valence-corrected chi connectivity index (χ0v) is 12.7. The molecule has 0 atom stereocenters. The minimum absolute atomic E-state index is 0.0189. The van der Waals surface area contributed by atoms with Crippen molar-refractivity contribution in [1.82, 2.24) is 0 Å². The lowest BCUT2D eigenvalue weighted by molar-refractivity contribution is 0.318. The lowest BCUT2D eigenvalue weighted by atomic mass is 10.2. The van der Waals surface area contributed by atoms with Crippen LogP contribution in [-0.4, -0.2) is 11.0 Å². The Morgan fingerprint density at radius 2 is 1.86 bits per heavy atom. The second-order valence-corrected chi connectivity index (χ2v) is 5.81. The molecule has 0 saturated heterocycles. The van der Waals surface area contributed by atoms with Gasteiger partial charge in [-0.05, 0) is 46.3 Å². The van der Waals surface area contributed by atoms with Crippen molar-refractivity contribution in [2.75, 3.05) is 0 Å². The number of hydrogen-bond donors (Lipinski definition) is 2. The molecule has 2 aromatic rings. The molecule has 3 nitrogen and oxygen atoms in total. The van der Waals surface area contributed by atoms with Crippen molar-refractivity contribution in [2.45, 2.75) is 9.79 Å².